The van der Waals surface area contributed by atoms with Gasteiger partial charge in [0, 0.05) is 23.6 Å². The van der Waals surface area contributed by atoms with E-state index in [0.717, 1.165) is 4.88 Å². The van der Waals surface area contributed by atoms with Gasteiger partial charge in [0.25, 0.3) is 5.69 Å². The highest BCUT2D eigenvalue weighted by Crippen LogP contribution is 2.23. The van der Waals surface area contributed by atoms with Crippen molar-refractivity contribution in [2.24, 2.45) is 0 Å². The number of carbonyl (C=O) groups is 1. The Kier molecular flexibility index (Phi) is 5.90. The molecule has 0 unspecified atom stereocenters. The molecule has 23 heavy (non-hydrogen) atoms. The molecule has 0 atom stereocenters. The zero-order valence-corrected chi connectivity index (χ0v) is 14.0. The van der Waals surface area contributed by atoms with Gasteiger partial charge in [-0.1, -0.05) is 23.7 Å². The van der Waals surface area contributed by atoms with Crippen molar-refractivity contribution in [3.8, 4) is 0 Å². The van der Waals surface area contributed by atoms with Crippen LogP contribution in [0.4, 0.5) is 5.69 Å². The second kappa shape index (κ2) is 7.89. The fourth-order valence-electron chi connectivity index (χ4n) is 2.03. The Bertz CT molecular complexity index is 742. The van der Waals surface area contributed by atoms with Gasteiger partial charge in [-0.05, 0) is 31.2 Å². The number of rotatable bonds is 6. The van der Waals surface area contributed by atoms with Crippen LogP contribution in [0.2, 0.25) is 4.34 Å². The first kappa shape index (κ1) is 17.2. The summed E-state index contributed by atoms with van der Waals surface area (Å²) < 4.78 is 0.680. The van der Waals surface area contributed by atoms with Crippen molar-refractivity contribution in [3.63, 3.8) is 0 Å². The summed E-state index contributed by atoms with van der Waals surface area (Å²) in [6, 6.07) is 9.99. The second-order valence-corrected chi connectivity index (χ2v) is 6.51. The highest BCUT2D eigenvalue weighted by atomic mass is 35.5. The average Bonchev–Trinajstić information content (AvgIpc) is 2.95. The summed E-state index contributed by atoms with van der Waals surface area (Å²) in [4.78, 5) is 25.4. The molecule has 0 bridgehead atoms. The molecule has 1 amide bonds. The number of benzene rings is 1. The largest absolute Gasteiger partial charge is 0.334 e. The fraction of sp³-hybridized carbons (Fsp3) is 0.188. The molecule has 5 nitrogen and oxygen atoms in total. The van der Waals surface area contributed by atoms with Crippen molar-refractivity contribution >= 4 is 40.6 Å². The first-order valence-electron chi connectivity index (χ1n) is 6.96. The quantitative estimate of drug-likeness (QED) is 0.441. The van der Waals surface area contributed by atoms with Crippen LogP contribution in [0.3, 0.4) is 0 Å². The van der Waals surface area contributed by atoms with Crippen LogP contribution in [0.5, 0.6) is 0 Å². The van der Waals surface area contributed by atoms with Crippen molar-refractivity contribution in [2.75, 3.05) is 6.54 Å². The number of nitro benzene ring substituents is 1. The molecule has 0 fully saturated rings. The van der Waals surface area contributed by atoms with E-state index in [0.29, 0.717) is 23.0 Å². The molecule has 2 rings (SSSR count). The van der Waals surface area contributed by atoms with Crippen molar-refractivity contribution in [1.82, 2.24) is 4.90 Å². The lowest BCUT2D eigenvalue weighted by Crippen LogP contribution is -2.28. The molecule has 1 heterocycles. The lowest BCUT2D eigenvalue weighted by atomic mass is 10.1. The molecule has 0 N–H and O–H groups in total. The summed E-state index contributed by atoms with van der Waals surface area (Å²) in [5.41, 5.74) is 0.380. The highest BCUT2D eigenvalue weighted by Gasteiger charge is 2.13. The third-order valence-electron chi connectivity index (χ3n) is 3.21. The van der Waals surface area contributed by atoms with E-state index in [1.807, 2.05) is 13.0 Å². The Morgan fingerprint density at radius 1 is 1.35 bits per heavy atom. The van der Waals surface area contributed by atoms with Crippen molar-refractivity contribution in [3.05, 3.63) is 67.4 Å². The molecule has 0 aliphatic carbocycles. The van der Waals surface area contributed by atoms with Gasteiger partial charge in [-0.2, -0.15) is 0 Å². The van der Waals surface area contributed by atoms with Gasteiger partial charge in [0.1, 0.15) is 0 Å². The van der Waals surface area contributed by atoms with E-state index in [2.05, 4.69) is 0 Å². The highest BCUT2D eigenvalue weighted by molar-refractivity contribution is 7.16. The molecule has 0 radical (unpaired) electrons. The van der Waals surface area contributed by atoms with Gasteiger partial charge in [-0.25, -0.2) is 0 Å². The minimum Gasteiger partial charge on any atom is -0.334 e. The lowest BCUT2D eigenvalue weighted by Gasteiger charge is -2.18. The summed E-state index contributed by atoms with van der Waals surface area (Å²) in [6.45, 7) is 2.88. The normalized spacial score (nSPS) is 10.9. The number of nitro groups is 1. The molecular weight excluding hydrogens is 336 g/mol. The Hall–Kier alpha value is -2.18. The van der Waals surface area contributed by atoms with Gasteiger partial charge in [0.15, 0.2) is 0 Å². The van der Waals surface area contributed by atoms with Crippen molar-refractivity contribution in [1.29, 1.82) is 0 Å². The van der Waals surface area contributed by atoms with E-state index in [4.69, 9.17) is 11.6 Å². The predicted molar refractivity (Wildman–Crippen MR) is 92.6 cm³/mol. The van der Waals surface area contributed by atoms with Crippen LogP contribution in [0, 0.1) is 10.1 Å². The number of halogens is 1. The van der Waals surface area contributed by atoms with Crippen LogP contribution >= 0.6 is 22.9 Å². The van der Waals surface area contributed by atoms with Crippen molar-refractivity contribution in [2.45, 2.75) is 13.5 Å². The third-order valence-corrected chi connectivity index (χ3v) is 4.42. The molecule has 7 heteroatoms. The Morgan fingerprint density at radius 3 is 2.70 bits per heavy atom. The number of likely N-dealkylation sites (N-methyl/N-ethyl adjacent to an activating group) is 1. The molecule has 0 aliphatic rings. The minimum absolute atomic E-state index is 0.0235. The number of nitrogens with zero attached hydrogens (tertiary/aromatic N) is 2. The monoisotopic (exact) mass is 350 g/mol. The second-order valence-electron chi connectivity index (χ2n) is 4.71. The van der Waals surface area contributed by atoms with Gasteiger partial charge in [0.2, 0.25) is 5.91 Å². The van der Waals surface area contributed by atoms with E-state index in [9.17, 15) is 14.9 Å². The van der Waals surface area contributed by atoms with Crippen LogP contribution in [0.25, 0.3) is 6.08 Å². The molecule has 120 valence electrons. The van der Waals surface area contributed by atoms with Gasteiger partial charge in [0.05, 0.1) is 21.4 Å². The summed E-state index contributed by atoms with van der Waals surface area (Å²) in [5, 5.41) is 11.0. The van der Waals surface area contributed by atoms with Crippen molar-refractivity contribution < 1.29 is 9.72 Å². The van der Waals surface area contributed by atoms with E-state index >= 15 is 0 Å². The van der Waals surface area contributed by atoms with E-state index < -0.39 is 4.92 Å². The first-order valence-corrected chi connectivity index (χ1v) is 8.15. The zero-order valence-electron chi connectivity index (χ0n) is 12.4. The Balaban J connectivity index is 2.11. The molecule has 1 aromatic carbocycles. The number of hydrogen-bond donors (Lipinski definition) is 0. The van der Waals surface area contributed by atoms with Gasteiger partial charge >= 0.3 is 0 Å². The maximum Gasteiger partial charge on any atom is 0.276 e. The SMILES string of the molecule is CCN(Cc1ccc(Cl)s1)C(=O)/C=C/c1ccccc1[N+](=O)[O-]. The molecular formula is C16H15ClN2O3S. The third kappa shape index (κ3) is 4.64. The Morgan fingerprint density at radius 2 is 2.09 bits per heavy atom. The maximum atomic E-state index is 12.3. The zero-order chi connectivity index (χ0) is 16.8. The molecule has 0 saturated heterocycles. The molecule has 0 saturated carbocycles. The summed E-state index contributed by atoms with van der Waals surface area (Å²) in [5.74, 6) is -0.199. The number of hydrogen-bond acceptors (Lipinski definition) is 4. The van der Waals surface area contributed by atoms with E-state index in [1.54, 1.807) is 29.2 Å². The first-order chi connectivity index (χ1) is 11.0. The predicted octanol–water partition coefficient (Wildman–Crippen LogP) is 4.37. The standard InChI is InChI=1S/C16H15ClN2O3S/c1-2-18(11-13-8-9-15(17)23-13)16(20)10-7-12-5-3-4-6-14(12)19(21)22/h3-10H,2,11H2,1H3/b10-7+. The summed E-state index contributed by atoms with van der Waals surface area (Å²) in [7, 11) is 0. The Labute approximate surface area is 143 Å². The number of thiophene rings is 1. The number of carbonyl (C=O) groups excluding carboxylic acids is 1. The topological polar surface area (TPSA) is 63.5 Å². The number of para-hydroxylation sites is 1. The smallest absolute Gasteiger partial charge is 0.276 e. The van der Waals surface area contributed by atoms with Crippen LogP contribution < -0.4 is 0 Å². The van der Waals surface area contributed by atoms with Crippen LogP contribution in [0.1, 0.15) is 17.4 Å². The van der Waals surface area contributed by atoms with Crippen LogP contribution in [-0.2, 0) is 11.3 Å². The fourth-order valence-corrected chi connectivity index (χ4v) is 3.13. The molecule has 2 aromatic rings. The van der Waals surface area contributed by atoms with Crippen LogP contribution in [0.15, 0.2) is 42.5 Å². The molecule has 1 aromatic heterocycles. The molecule has 0 spiro atoms. The number of amides is 1. The van der Waals surface area contributed by atoms with E-state index in [-0.39, 0.29) is 11.6 Å². The lowest BCUT2D eigenvalue weighted by molar-refractivity contribution is -0.385. The van der Waals surface area contributed by atoms with Gasteiger partial charge in [-0.3, -0.25) is 14.9 Å². The maximum absolute atomic E-state index is 12.3. The summed E-state index contributed by atoms with van der Waals surface area (Å²) in [6.07, 6.45) is 2.84. The minimum atomic E-state index is -0.463. The van der Waals surface area contributed by atoms with Gasteiger partial charge in [-0.15, -0.1) is 11.3 Å². The van der Waals surface area contributed by atoms with Crippen LogP contribution in [-0.4, -0.2) is 22.3 Å². The average molecular weight is 351 g/mol. The summed E-state index contributed by atoms with van der Waals surface area (Å²) >= 11 is 7.32. The van der Waals surface area contributed by atoms with Gasteiger partial charge < -0.3 is 4.90 Å². The molecule has 0 aliphatic heterocycles. The van der Waals surface area contributed by atoms with E-state index in [1.165, 1.54) is 29.6 Å².